The van der Waals surface area contributed by atoms with Crippen molar-refractivity contribution in [2.75, 3.05) is 39.8 Å². The summed E-state index contributed by atoms with van der Waals surface area (Å²) in [7, 11) is 1.59. The highest BCUT2D eigenvalue weighted by Crippen LogP contribution is 2.26. The van der Waals surface area contributed by atoms with Gasteiger partial charge in [0.05, 0.1) is 31.5 Å². The molecule has 35 heavy (non-hydrogen) atoms. The van der Waals surface area contributed by atoms with Crippen LogP contribution in [0.1, 0.15) is 26.0 Å². The average molecular weight is 481 g/mol. The minimum Gasteiger partial charge on any atom is -0.504 e. The molecule has 2 saturated heterocycles. The summed E-state index contributed by atoms with van der Waals surface area (Å²) < 4.78 is 13.1. The van der Waals surface area contributed by atoms with Crippen molar-refractivity contribution < 1.29 is 19.1 Å². The van der Waals surface area contributed by atoms with Crippen molar-refractivity contribution in [3.63, 3.8) is 0 Å². The molecule has 2 fully saturated rings. The van der Waals surface area contributed by atoms with Crippen molar-refractivity contribution in [1.82, 2.24) is 29.7 Å². The highest BCUT2D eigenvalue weighted by atomic mass is 16.5. The molecule has 1 N–H and O–H groups in total. The van der Waals surface area contributed by atoms with Crippen LogP contribution in [0.15, 0.2) is 49.2 Å². The number of rotatable bonds is 8. The number of allylic oxidation sites excluding steroid dienone is 4. The van der Waals surface area contributed by atoms with E-state index in [4.69, 9.17) is 14.5 Å². The van der Waals surface area contributed by atoms with Crippen molar-refractivity contribution in [2.45, 2.75) is 26.4 Å². The fourth-order valence-corrected chi connectivity index (χ4v) is 4.18. The first-order chi connectivity index (χ1) is 16.9. The number of carbonyl (C=O) groups excluding carboxylic acids is 2. The van der Waals surface area contributed by atoms with Crippen LogP contribution in [0.2, 0.25) is 0 Å². The molecule has 4 heterocycles. The SMILES string of the molecule is CO/C=C/C(=C\C=C\N1CCN(C(C)=O)CC1)c1cn2nccc2c(O[C@H](C)[C@H]2CNC(=O)C2)n1. The van der Waals surface area contributed by atoms with Gasteiger partial charge in [-0.25, -0.2) is 9.50 Å². The minimum atomic E-state index is -0.189. The van der Waals surface area contributed by atoms with Crippen molar-refractivity contribution >= 4 is 22.9 Å². The lowest BCUT2D eigenvalue weighted by atomic mass is 10.0. The summed E-state index contributed by atoms with van der Waals surface area (Å²) in [6.07, 6.45) is 13.2. The maximum Gasteiger partial charge on any atom is 0.240 e. The van der Waals surface area contributed by atoms with Gasteiger partial charge in [0, 0.05) is 57.6 Å². The van der Waals surface area contributed by atoms with Gasteiger partial charge in [-0.05, 0) is 31.3 Å². The maximum atomic E-state index is 11.6. The van der Waals surface area contributed by atoms with Gasteiger partial charge in [0.15, 0.2) is 0 Å². The molecule has 186 valence electrons. The third-order valence-corrected chi connectivity index (χ3v) is 6.34. The number of hydrogen-bond donors (Lipinski definition) is 1. The van der Waals surface area contributed by atoms with Gasteiger partial charge in [0.1, 0.15) is 11.6 Å². The third-order valence-electron chi connectivity index (χ3n) is 6.34. The lowest BCUT2D eigenvalue weighted by Crippen LogP contribution is -2.45. The van der Waals surface area contributed by atoms with Crippen LogP contribution in [0.5, 0.6) is 5.88 Å². The molecule has 0 saturated carbocycles. The summed E-state index contributed by atoms with van der Waals surface area (Å²) in [5.41, 5.74) is 2.24. The summed E-state index contributed by atoms with van der Waals surface area (Å²) in [4.78, 5) is 32.0. The molecule has 0 spiro atoms. The van der Waals surface area contributed by atoms with Gasteiger partial charge in [0.25, 0.3) is 0 Å². The molecule has 4 rings (SSSR count). The Labute approximate surface area is 204 Å². The van der Waals surface area contributed by atoms with E-state index in [0.717, 1.165) is 37.3 Å². The normalized spacial score (nSPS) is 20.1. The van der Waals surface area contributed by atoms with Gasteiger partial charge in [-0.1, -0.05) is 6.08 Å². The van der Waals surface area contributed by atoms with Gasteiger partial charge >= 0.3 is 0 Å². The first-order valence-corrected chi connectivity index (χ1v) is 11.8. The number of ether oxygens (including phenoxy) is 2. The molecular formula is C25H32N6O4. The predicted molar refractivity (Wildman–Crippen MR) is 131 cm³/mol. The molecule has 0 unspecified atom stereocenters. The largest absolute Gasteiger partial charge is 0.504 e. The molecule has 0 radical (unpaired) electrons. The lowest BCUT2D eigenvalue weighted by molar-refractivity contribution is -0.130. The van der Waals surface area contributed by atoms with Crippen LogP contribution in [0.25, 0.3) is 11.1 Å². The van der Waals surface area contributed by atoms with E-state index in [9.17, 15) is 9.59 Å². The summed E-state index contributed by atoms with van der Waals surface area (Å²) in [5, 5.41) is 7.24. The van der Waals surface area contributed by atoms with E-state index in [-0.39, 0.29) is 23.8 Å². The van der Waals surface area contributed by atoms with Gasteiger partial charge in [-0.2, -0.15) is 5.10 Å². The zero-order chi connectivity index (χ0) is 24.8. The van der Waals surface area contributed by atoms with Crippen LogP contribution in [-0.4, -0.2) is 82.1 Å². The molecular weight excluding hydrogens is 448 g/mol. The molecule has 0 aromatic carbocycles. The molecule has 2 atom stereocenters. The van der Waals surface area contributed by atoms with Crippen molar-refractivity contribution in [3.8, 4) is 5.88 Å². The van der Waals surface area contributed by atoms with Crippen molar-refractivity contribution in [3.05, 3.63) is 54.8 Å². The summed E-state index contributed by atoms with van der Waals surface area (Å²) in [6, 6.07) is 1.85. The van der Waals surface area contributed by atoms with Gasteiger partial charge in [-0.15, -0.1) is 0 Å². The Balaban J connectivity index is 1.56. The Kier molecular flexibility index (Phi) is 7.69. The van der Waals surface area contributed by atoms with E-state index in [0.29, 0.717) is 24.5 Å². The molecule has 2 aromatic heterocycles. The Morgan fingerprint density at radius 3 is 2.77 bits per heavy atom. The van der Waals surface area contributed by atoms with Crippen molar-refractivity contribution in [2.24, 2.45) is 5.92 Å². The standard InChI is InChI=1S/C25H32N6O4/c1-18(21-15-24(33)26-16-21)35-25-23-6-8-27-31(23)17-22(28-25)20(7-14-34-3)5-4-9-29-10-12-30(13-11-29)19(2)32/h4-9,14,17-18,21H,10-13,15-16H2,1-3H3,(H,26,33)/b9-4+,14-7+,20-5+/t18-,21-/m1/s1. The van der Waals surface area contributed by atoms with E-state index >= 15 is 0 Å². The molecule has 2 amide bonds. The molecule has 2 aliphatic rings. The van der Waals surface area contributed by atoms with Crippen LogP contribution in [-0.2, 0) is 14.3 Å². The number of methoxy groups -OCH3 is 1. The zero-order valence-corrected chi connectivity index (χ0v) is 20.4. The molecule has 10 nitrogen and oxygen atoms in total. The fraction of sp³-hybridized carbons (Fsp3) is 0.440. The monoisotopic (exact) mass is 480 g/mol. The number of amides is 2. The number of aromatic nitrogens is 3. The zero-order valence-electron chi connectivity index (χ0n) is 20.4. The second-order valence-corrected chi connectivity index (χ2v) is 8.73. The smallest absolute Gasteiger partial charge is 0.240 e. The third kappa shape index (κ3) is 6.00. The molecule has 0 aliphatic carbocycles. The van der Waals surface area contributed by atoms with Crippen LogP contribution in [0, 0.1) is 5.92 Å². The molecule has 0 bridgehead atoms. The van der Waals surface area contributed by atoms with Crippen molar-refractivity contribution in [1.29, 1.82) is 0 Å². The van der Waals surface area contributed by atoms with E-state index in [2.05, 4.69) is 15.3 Å². The van der Waals surface area contributed by atoms with Gasteiger partial charge in [0.2, 0.25) is 17.7 Å². The number of carbonyl (C=O) groups is 2. The van der Waals surface area contributed by atoms with E-state index in [1.54, 1.807) is 31.0 Å². The Bertz CT molecular complexity index is 1150. The van der Waals surface area contributed by atoms with E-state index < -0.39 is 0 Å². The van der Waals surface area contributed by atoms with Crippen LogP contribution < -0.4 is 10.1 Å². The predicted octanol–water partition coefficient (Wildman–Crippen LogP) is 1.85. The average Bonchev–Trinajstić information content (AvgIpc) is 3.50. The summed E-state index contributed by atoms with van der Waals surface area (Å²) in [5.74, 6) is 0.716. The summed E-state index contributed by atoms with van der Waals surface area (Å²) >= 11 is 0. The van der Waals surface area contributed by atoms with Crippen LogP contribution >= 0.6 is 0 Å². The minimum absolute atomic E-state index is 0.0473. The molecule has 10 heteroatoms. The quantitative estimate of drug-likeness (QED) is 0.455. The van der Waals surface area contributed by atoms with E-state index in [1.807, 2.05) is 48.5 Å². The number of hydrogen-bond acceptors (Lipinski definition) is 7. The summed E-state index contributed by atoms with van der Waals surface area (Å²) in [6.45, 7) is 7.19. The first-order valence-electron chi connectivity index (χ1n) is 11.8. The molecule has 2 aromatic rings. The van der Waals surface area contributed by atoms with Crippen LogP contribution in [0.3, 0.4) is 0 Å². The number of nitrogens with zero attached hydrogens (tertiary/aromatic N) is 5. The molecule has 2 aliphatic heterocycles. The lowest BCUT2D eigenvalue weighted by Gasteiger charge is -2.33. The number of nitrogens with one attached hydrogen (secondary N) is 1. The highest BCUT2D eigenvalue weighted by Gasteiger charge is 2.29. The van der Waals surface area contributed by atoms with Gasteiger partial charge in [-0.3, -0.25) is 9.59 Å². The number of piperazine rings is 1. The fourth-order valence-electron chi connectivity index (χ4n) is 4.18. The van der Waals surface area contributed by atoms with Crippen LogP contribution in [0.4, 0.5) is 0 Å². The highest BCUT2D eigenvalue weighted by molar-refractivity contribution is 5.78. The topological polar surface area (TPSA) is 101 Å². The Morgan fingerprint density at radius 1 is 1.29 bits per heavy atom. The Hall–Kier alpha value is -3.82. The second-order valence-electron chi connectivity index (χ2n) is 8.73. The Morgan fingerprint density at radius 2 is 2.09 bits per heavy atom. The maximum absolute atomic E-state index is 11.6. The second kappa shape index (κ2) is 11.1. The number of fused-ring (bicyclic) bond motifs is 1. The van der Waals surface area contributed by atoms with Gasteiger partial charge < -0.3 is 24.6 Å². The van der Waals surface area contributed by atoms with E-state index in [1.165, 1.54) is 0 Å². The first kappa shape index (κ1) is 24.3.